The van der Waals surface area contributed by atoms with Crippen LogP contribution in [0.5, 0.6) is 0 Å². The van der Waals surface area contributed by atoms with E-state index < -0.39 is 28.5 Å². The average molecular weight is 645 g/mol. The molecule has 3 aromatic carbocycles. The summed E-state index contributed by atoms with van der Waals surface area (Å²) in [5, 5.41) is 3.34. The van der Waals surface area contributed by atoms with E-state index in [0.29, 0.717) is 6.42 Å². The van der Waals surface area contributed by atoms with Crippen LogP contribution >= 0.6 is 23.2 Å². The topological polar surface area (TPSA) is 86.8 Å². The molecule has 43 heavy (non-hydrogen) atoms. The maximum Gasteiger partial charge on any atom is 0.264 e. The van der Waals surface area contributed by atoms with Crippen LogP contribution < -0.4 is 9.62 Å². The molecule has 1 atom stereocenters. The van der Waals surface area contributed by atoms with Crippen LogP contribution in [0, 0.1) is 13.8 Å². The highest BCUT2D eigenvalue weighted by molar-refractivity contribution is 7.92. The molecule has 2 amide bonds. The molecule has 1 N–H and O–H groups in total. The molecule has 10 heteroatoms. The van der Waals surface area contributed by atoms with Crippen LogP contribution in [-0.4, -0.2) is 43.8 Å². The number of carbonyl (C=O) groups is 2. The Balaban J connectivity index is 1.75. The minimum atomic E-state index is -4.25. The van der Waals surface area contributed by atoms with Crippen molar-refractivity contribution in [1.29, 1.82) is 0 Å². The van der Waals surface area contributed by atoms with Gasteiger partial charge in [0, 0.05) is 12.6 Å². The van der Waals surface area contributed by atoms with Gasteiger partial charge in [0.15, 0.2) is 0 Å². The maximum atomic E-state index is 14.3. The highest BCUT2D eigenvalue weighted by atomic mass is 35.5. The fraction of sp³-hybridized carbons (Fsp3) is 0.394. The number of benzene rings is 3. The molecular weight excluding hydrogens is 605 g/mol. The summed E-state index contributed by atoms with van der Waals surface area (Å²) < 4.78 is 29.2. The molecule has 7 nitrogen and oxygen atoms in total. The zero-order chi connectivity index (χ0) is 31.1. The Morgan fingerprint density at radius 3 is 2.26 bits per heavy atom. The summed E-state index contributed by atoms with van der Waals surface area (Å²) in [6.45, 7) is 5.23. The van der Waals surface area contributed by atoms with Gasteiger partial charge >= 0.3 is 0 Å². The van der Waals surface area contributed by atoms with E-state index in [9.17, 15) is 18.0 Å². The number of amides is 2. The molecular formula is C33H39Cl2N3O4S. The summed E-state index contributed by atoms with van der Waals surface area (Å²) in [5.41, 5.74) is 2.80. The Labute approximate surface area is 265 Å². The highest BCUT2D eigenvalue weighted by Crippen LogP contribution is 2.35. The zero-order valence-electron chi connectivity index (χ0n) is 24.9. The van der Waals surface area contributed by atoms with Crippen molar-refractivity contribution in [3.05, 3.63) is 93.5 Å². The molecule has 1 aliphatic carbocycles. The summed E-state index contributed by atoms with van der Waals surface area (Å²) in [6, 6.07) is 18.0. The van der Waals surface area contributed by atoms with E-state index >= 15 is 0 Å². The quantitative estimate of drug-likeness (QED) is 0.242. The number of sulfonamides is 1. The third-order valence-corrected chi connectivity index (χ3v) is 10.6. The Morgan fingerprint density at radius 2 is 1.60 bits per heavy atom. The number of hydrogen-bond acceptors (Lipinski definition) is 4. The predicted octanol–water partition coefficient (Wildman–Crippen LogP) is 7.06. The van der Waals surface area contributed by atoms with Crippen LogP contribution in [-0.2, 0) is 26.2 Å². The average Bonchev–Trinajstić information content (AvgIpc) is 2.99. The molecule has 0 unspecified atom stereocenters. The van der Waals surface area contributed by atoms with Gasteiger partial charge in [0.1, 0.15) is 12.6 Å². The number of hydrogen-bond donors (Lipinski definition) is 1. The van der Waals surface area contributed by atoms with Crippen molar-refractivity contribution in [2.24, 2.45) is 0 Å². The van der Waals surface area contributed by atoms with Crippen LogP contribution in [0.1, 0.15) is 62.1 Å². The van der Waals surface area contributed by atoms with Crippen molar-refractivity contribution in [1.82, 2.24) is 10.2 Å². The second kappa shape index (κ2) is 14.6. The van der Waals surface area contributed by atoms with Crippen molar-refractivity contribution in [2.45, 2.75) is 82.8 Å². The predicted molar refractivity (Wildman–Crippen MR) is 173 cm³/mol. The lowest BCUT2D eigenvalue weighted by atomic mass is 9.95. The standard InChI is InChI=1S/C33H39Cl2N3O4S/c1-4-29(33(40)36-26-13-6-5-7-14-26)37(21-25-12-9-8-11-24(25)3)31(39)22-38(30-16-10-15-28(34)32(30)35)43(41,42)27-19-17-23(2)18-20-27/h8-12,15-20,26,29H,4-7,13-14,21-22H2,1-3H3,(H,36,40)/t29-/m0/s1. The van der Waals surface area contributed by atoms with Crippen molar-refractivity contribution >= 4 is 50.7 Å². The lowest BCUT2D eigenvalue weighted by Gasteiger charge is -2.35. The molecule has 0 aliphatic heterocycles. The van der Waals surface area contributed by atoms with Crippen molar-refractivity contribution in [3.63, 3.8) is 0 Å². The van der Waals surface area contributed by atoms with Crippen LogP contribution in [0.25, 0.3) is 0 Å². The third kappa shape index (κ3) is 7.91. The van der Waals surface area contributed by atoms with Crippen molar-refractivity contribution in [3.8, 4) is 0 Å². The number of halogens is 2. The first-order valence-corrected chi connectivity index (χ1v) is 16.9. The van der Waals surface area contributed by atoms with Gasteiger partial charge in [-0.3, -0.25) is 13.9 Å². The largest absolute Gasteiger partial charge is 0.352 e. The van der Waals surface area contributed by atoms with Gasteiger partial charge in [-0.05, 0) is 68.5 Å². The number of anilines is 1. The van der Waals surface area contributed by atoms with Gasteiger partial charge in [-0.2, -0.15) is 0 Å². The van der Waals surface area contributed by atoms with Crippen LogP contribution in [0.2, 0.25) is 10.0 Å². The summed E-state index contributed by atoms with van der Waals surface area (Å²) in [5.74, 6) is -0.759. The van der Waals surface area contributed by atoms with Gasteiger partial charge in [0.2, 0.25) is 11.8 Å². The first-order chi connectivity index (χ1) is 20.5. The number of aryl methyl sites for hydroxylation is 2. The number of nitrogens with one attached hydrogen (secondary N) is 1. The van der Waals surface area contributed by atoms with E-state index in [1.165, 1.54) is 23.1 Å². The van der Waals surface area contributed by atoms with Crippen molar-refractivity contribution in [2.75, 3.05) is 10.8 Å². The molecule has 0 bridgehead atoms. The number of carbonyl (C=O) groups excluding carboxylic acids is 2. The normalized spacial score (nSPS) is 14.6. The van der Waals surface area contributed by atoms with Crippen LogP contribution in [0.15, 0.2) is 71.6 Å². The lowest BCUT2D eigenvalue weighted by Crippen LogP contribution is -2.54. The number of rotatable bonds is 11. The Kier molecular flexibility index (Phi) is 11.2. The summed E-state index contributed by atoms with van der Waals surface area (Å²) >= 11 is 12.8. The molecule has 0 radical (unpaired) electrons. The Morgan fingerprint density at radius 1 is 0.930 bits per heavy atom. The fourth-order valence-corrected chi connectivity index (χ4v) is 7.34. The fourth-order valence-electron chi connectivity index (χ4n) is 5.47. The Bertz CT molecular complexity index is 1540. The van der Waals surface area contributed by atoms with Gasteiger partial charge in [-0.15, -0.1) is 0 Å². The zero-order valence-corrected chi connectivity index (χ0v) is 27.2. The van der Waals surface area contributed by atoms with E-state index in [1.807, 2.05) is 45.0 Å². The Hall–Kier alpha value is -3.07. The smallest absolute Gasteiger partial charge is 0.264 e. The monoisotopic (exact) mass is 643 g/mol. The highest BCUT2D eigenvalue weighted by Gasteiger charge is 2.35. The van der Waals surface area contributed by atoms with Crippen LogP contribution in [0.4, 0.5) is 5.69 Å². The summed E-state index contributed by atoms with van der Waals surface area (Å²) in [6.07, 6.45) is 5.44. The molecule has 1 saturated carbocycles. The SMILES string of the molecule is CC[C@@H](C(=O)NC1CCCCC1)N(Cc1ccccc1C)C(=O)CN(c1cccc(Cl)c1Cl)S(=O)(=O)c1ccc(C)cc1. The molecule has 230 valence electrons. The van der Waals surface area contributed by atoms with E-state index in [0.717, 1.165) is 53.1 Å². The molecule has 3 aromatic rings. The van der Waals surface area contributed by atoms with Crippen LogP contribution in [0.3, 0.4) is 0 Å². The molecule has 1 aliphatic rings. The van der Waals surface area contributed by atoms with E-state index in [1.54, 1.807) is 24.3 Å². The minimum Gasteiger partial charge on any atom is -0.352 e. The third-order valence-electron chi connectivity index (χ3n) is 8.03. The van der Waals surface area contributed by atoms with Gasteiger partial charge in [0.05, 0.1) is 20.6 Å². The maximum absolute atomic E-state index is 14.3. The van der Waals surface area contributed by atoms with E-state index in [2.05, 4.69) is 5.32 Å². The van der Waals surface area contributed by atoms with Gasteiger partial charge in [0.25, 0.3) is 10.0 Å². The second-order valence-electron chi connectivity index (χ2n) is 11.1. The summed E-state index contributed by atoms with van der Waals surface area (Å²) in [4.78, 5) is 29.5. The molecule has 0 aromatic heterocycles. The van der Waals surface area contributed by atoms with Gasteiger partial charge in [-0.25, -0.2) is 8.42 Å². The summed E-state index contributed by atoms with van der Waals surface area (Å²) in [7, 11) is -4.25. The minimum absolute atomic E-state index is 0.00878. The van der Waals surface area contributed by atoms with E-state index in [-0.39, 0.29) is 39.1 Å². The molecule has 0 heterocycles. The lowest BCUT2D eigenvalue weighted by molar-refractivity contribution is -0.140. The molecule has 4 rings (SSSR count). The number of nitrogens with zero attached hydrogens (tertiary/aromatic N) is 2. The van der Waals surface area contributed by atoms with Gasteiger partial charge in [-0.1, -0.05) is 97.4 Å². The first-order valence-electron chi connectivity index (χ1n) is 14.7. The molecule has 1 fully saturated rings. The molecule has 0 spiro atoms. The molecule has 0 saturated heterocycles. The first kappa shape index (κ1) is 32.8. The van der Waals surface area contributed by atoms with E-state index in [4.69, 9.17) is 23.2 Å². The second-order valence-corrected chi connectivity index (χ2v) is 13.8. The van der Waals surface area contributed by atoms with Crippen molar-refractivity contribution < 1.29 is 18.0 Å². The van der Waals surface area contributed by atoms with Gasteiger partial charge < -0.3 is 10.2 Å².